The molecule has 0 spiro atoms. The number of halogens is 1. The first-order valence-electron chi connectivity index (χ1n) is 9.02. The van der Waals surface area contributed by atoms with Crippen LogP contribution < -0.4 is 0 Å². The third-order valence-electron chi connectivity index (χ3n) is 5.04. The summed E-state index contributed by atoms with van der Waals surface area (Å²) in [7, 11) is 0. The van der Waals surface area contributed by atoms with Gasteiger partial charge in [-0.3, -0.25) is 9.59 Å². The predicted octanol–water partition coefficient (Wildman–Crippen LogP) is 4.84. The molecule has 0 bridgehead atoms. The number of hydrogen-bond acceptors (Lipinski definition) is 3. The highest BCUT2D eigenvalue weighted by Gasteiger charge is 2.40. The molecular formula is C22H25FO3. The molecule has 2 rings (SSSR count). The van der Waals surface area contributed by atoms with Crippen LogP contribution in [0.3, 0.4) is 0 Å². The third kappa shape index (κ3) is 5.05. The Labute approximate surface area is 154 Å². The Morgan fingerprint density at radius 2 is 2.12 bits per heavy atom. The molecule has 1 aromatic carbocycles. The van der Waals surface area contributed by atoms with Crippen molar-refractivity contribution < 1.29 is 18.7 Å². The lowest BCUT2D eigenvalue weighted by molar-refractivity contribution is -0.155. The van der Waals surface area contributed by atoms with Crippen molar-refractivity contribution in [2.75, 3.05) is 0 Å². The van der Waals surface area contributed by atoms with Crippen LogP contribution in [0.4, 0.5) is 4.39 Å². The maximum absolute atomic E-state index is 13.4. The predicted molar refractivity (Wildman–Crippen MR) is 99.2 cm³/mol. The molecule has 138 valence electrons. The molecule has 1 saturated carbocycles. The van der Waals surface area contributed by atoms with E-state index in [0.717, 1.165) is 32.1 Å². The number of carbonyl (C=O) groups is 2. The first-order valence-corrected chi connectivity index (χ1v) is 9.02. The summed E-state index contributed by atoms with van der Waals surface area (Å²) in [4.78, 5) is 22.7. The second-order valence-electron chi connectivity index (χ2n) is 6.87. The number of rotatable bonds is 6. The molecule has 1 aliphatic rings. The van der Waals surface area contributed by atoms with Crippen LogP contribution in [0.1, 0.15) is 67.8 Å². The maximum atomic E-state index is 13.4. The zero-order chi connectivity index (χ0) is 19.0. The van der Waals surface area contributed by atoms with Crippen LogP contribution >= 0.6 is 0 Å². The second-order valence-corrected chi connectivity index (χ2v) is 6.87. The molecule has 0 heterocycles. The van der Waals surface area contributed by atoms with Gasteiger partial charge in [0.1, 0.15) is 11.9 Å². The molecule has 1 aliphatic carbocycles. The minimum Gasteiger partial charge on any atom is -0.461 e. The van der Waals surface area contributed by atoms with Gasteiger partial charge in [-0.2, -0.15) is 0 Å². The fraction of sp³-hybridized carbons (Fsp3) is 0.455. The number of aldehydes is 1. The standard InChI is InChI=1S/C22H25FO3/c1-3-12-22(13-5-4-6-14-22)21(26-17(2)25)9-7-8-18-15-20(23)11-10-19(18)16-24/h3,10-11,15-16,21H,1,4-6,9,12-14H2,2H3. The Kier molecular flexibility index (Phi) is 7.15. The summed E-state index contributed by atoms with van der Waals surface area (Å²) in [5.74, 6) is 5.10. The Morgan fingerprint density at radius 3 is 2.73 bits per heavy atom. The van der Waals surface area contributed by atoms with Crippen molar-refractivity contribution in [2.24, 2.45) is 5.41 Å². The van der Waals surface area contributed by atoms with Gasteiger partial charge < -0.3 is 4.74 Å². The fourth-order valence-electron chi connectivity index (χ4n) is 3.76. The van der Waals surface area contributed by atoms with E-state index >= 15 is 0 Å². The van der Waals surface area contributed by atoms with E-state index < -0.39 is 5.82 Å². The highest BCUT2D eigenvalue weighted by atomic mass is 19.1. The number of benzene rings is 1. The molecule has 0 saturated heterocycles. The molecule has 1 aromatic rings. The largest absolute Gasteiger partial charge is 0.461 e. The van der Waals surface area contributed by atoms with Gasteiger partial charge in [-0.15, -0.1) is 6.58 Å². The van der Waals surface area contributed by atoms with Gasteiger partial charge in [0, 0.05) is 29.9 Å². The van der Waals surface area contributed by atoms with Gasteiger partial charge >= 0.3 is 5.97 Å². The number of hydrogen-bond donors (Lipinski definition) is 0. The van der Waals surface area contributed by atoms with E-state index in [1.54, 1.807) is 0 Å². The van der Waals surface area contributed by atoms with Crippen LogP contribution in [0.2, 0.25) is 0 Å². The lowest BCUT2D eigenvalue weighted by Crippen LogP contribution is -2.39. The molecule has 0 aromatic heterocycles. The third-order valence-corrected chi connectivity index (χ3v) is 5.04. The minimum atomic E-state index is -0.438. The van der Waals surface area contributed by atoms with E-state index in [1.807, 2.05) is 6.08 Å². The molecule has 1 fully saturated rings. The lowest BCUT2D eigenvalue weighted by Gasteiger charge is -2.41. The Hall–Kier alpha value is -2.41. The lowest BCUT2D eigenvalue weighted by atomic mass is 9.67. The first-order chi connectivity index (χ1) is 12.5. The normalized spacial score (nSPS) is 16.7. The van der Waals surface area contributed by atoms with Crippen molar-refractivity contribution in [1.82, 2.24) is 0 Å². The molecule has 0 aliphatic heterocycles. The molecule has 0 amide bonds. The molecule has 3 nitrogen and oxygen atoms in total. The van der Waals surface area contributed by atoms with Crippen molar-refractivity contribution in [1.29, 1.82) is 0 Å². The van der Waals surface area contributed by atoms with E-state index in [1.165, 1.54) is 31.5 Å². The number of allylic oxidation sites excluding steroid dienone is 1. The zero-order valence-electron chi connectivity index (χ0n) is 15.2. The van der Waals surface area contributed by atoms with Crippen molar-refractivity contribution in [3.63, 3.8) is 0 Å². The monoisotopic (exact) mass is 356 g/mol. The molecule has 0 N–H and O–H groups in total. The van der Waals surface area contributed by atoms with E-state index in [0.29, 0.717) is 23.8 Å². The summed E-state index contributed by atoms with van der Waals surface area (Å²) in [6, 6.07) is 3.89. The molecule has 26 heavy (non-hydrogen) atoms. The van der Waals surface area contributed by atoms with Crippen LogP contribution in [0, 0.1) is 23.1 Å². The van der Waals surface area contributed by atoms with E-state index in [2.05, 4.69) is 18.4 Å². The highest BCUT2D eigenvalue weighted by molar-refractivity contribution is 5.79. The summed E-state index contributed by atoms with van der Waals surface area (Å²) < 4.78 is 19.1. The molecule has 1 unspecified atom stereocenters. The van der Waals surface area contributed by atoms with Gasteiger partial charge in [0.15, 0.2) is 6.29 Å². The average molecular weight is 356 g/mol. The van der Waals surface area contributed by atoms with Crippen LogP contribution in [0.15, 0.2) is 30.9 Å². The van der Waals surface area contributed by atoms with Crippen LogP contribution in [-0.2, 0) is 9.53 Å². The highest BCUT2D eigenvalue weighted by Crippen LogP contribution is 2.44. The van der Waals surface area contributed by atoms with E-state index in [9.17, 15) is 14.0 Å². The van der Waals surface area contributed by atoms with Gasteiger partial charge in [-0.05, 0) is 37.5 Å². The first kappa shape index (κ1) is 19.9. The molecule has 4 heteroatoms. The summed E-state index contributed by atoms with van der Waals surface area (Å²) in [6.07, 6.45) is 8.64. The Bertz CT molecular complexity index is 721. The van der Waals surface area contributed by atoms with Crippen molar-refractivity contribution >= 4 is 12.3 Å². The van der Waals surface area contributed by atoms with Crippen molar-refractivity contribution in [3.05, 3.63) is 47.8 Å². The minimum absolute atomic E-state index is 0.143. The van der Waals surface area contributed by atoms with Crippen molar-refractivity contribution in [2.45, 2.75) is 58.0 Å². The summed E-state index contributed by atoms with van der Waals surface area (Å²) in [5.41, 5.74) is 0.555. The van der Waals surface area contributed by atoms with Gasteiger partial charge in [0.2, 0.25) is 0 Å². The maximum Gasteiger partial charge on any atom is 0.302 e. The van der Waals surface area contributed by atoms with E-state index in [4.69, 9.17) is 4.74 Å². The van der Waals surface area contributed by atoms with E-state index in [-0.39, 0.29) is 17.5 Å². The summed E-state index contributed by atoms with van der Waals surface area (Å²) in [6.45, 7) is 5.27. The van der Waals surface area contributed by atoms with Crippen LogP contribution in [0.5, 0.6) is 0 Å². The SMILES string of the molecule is C=CCC1(C(CC#Cc2cc(F)ccc2C=O)OC(C)=O)CCCCC1. The molecular weight excluding hydrogens is 331 g/mol. The Balaban J connectivity index is 2.26. The Morgan fingerprint density at radius 1 is 1.38 bits per heavy atom. The topological polar surface area (TPSA) is 43.4 Å². The van der Waals surface area contributed by atoms with Gasteiger partial charge in [0.25, 0.3) is 0 Å². The fourth-order valence-corrected chi connectivity index (χ4v) is 3.76. The average Bonchev–Trinajstić information content (AvgIpc) is 2.62. The number of ether oxygens (including phenoxy) is 1. The quantitative estimate of drug-likeness (QED) is 0.317. The molecule has 1 atom stereocenters. The number of esters is 1. The second kappa shape index (κ2) is 9.33. The summed E-state index contributed by atoms with van der Waals surface area (Å²) >= 11 is 0. The zero-order valence-corrected chi connectivity index (χ0v) is 15.2. The van der Waals surface area contributed by atoms with Gasteiger partial charge in [-0.25, -0.2) is 4.39 Å². The van der Waals surface area contributed by atoms with Crippen molar-refractivity contribution in [3.8, 4) is 11.8 Å². The van der Waals surface area contributed by atoms with Crippen LogP contribution in [0.25, 0.3) is 0 Å². The summed E-state index contributed by atoms with van der Waals surface area (Å²) in [5, 5.41) is 0. The van der Waals surface area contributed by atoms with Gasteiger partial charge in [0.05, 0.1) is 0 Å². The molecule has 0 radical (unpaired) electrons. The van der Waals surface area contributed by atoms with Crippen LogP contribution in [-0.4, -0.2) is 18.4 Å². The smallest absolute Gasteiger partial charge is 0.302 e. The number of carbonyl (C=O) groups excluding carboxylic acids is 2. The van der Waals surface area contributed by atoms with Gasteiger partial charge in [-0.1, -0.05) is 37.2 Å².